The molecular weight excluding hydrogens is 200 g/mol. The molecule has 0 atom stereocenters. The molecule has 0 aliphatic rings. The Morgan fingerprint density at radius 3 is 2.31 bits per heavy atom. The van der Waals surface area contributed by atoms with Crippen LogP contribution in [0.5, 0.6) is 0 Å². The van der Waals surface area contributed by atoms with E-state index in [4.69, 9.17) is 0 Å². The number of nitrogens with zero attached hydrogens (tertiary/aromatic N) is 2. The molecule has 0 spiro atoms. The molecule has 1 aromatic carbocycles. The summed E-state index contributed by atoms with van der Waals surface area (Å²) in [6.45, 7) is 1.69. The van der Waals surface area contributed by atoms with Crippen LogP contribution in [0.15, 0.2) is 30.3 Å². The molecule has 0 bridgehead atoms. The smallest absolute Gasteiger partial charge is 0.223 e. The van der Waals surface area contributed by atoms with Crippen LogP contribution in [0, 0.1) is 0 Å². The molecule has 0 radical (unpaired) electrons. The fourth-order valence-electron chi connectivity index (χ4n) is 1.48. The van der Waals surface area contributed by atoms with E-state index in [-0.39, 0.29) is 5.91 Å². The summed E-state index contributed by atoms with van der Waals surface area (Å²) in [5.41, 5.74) is 1.28. The molecule has 0 N–H and O–H groups in total. The van der Waals surface area contributed by atoms with Crippen LogP contribution in [0.25, 0.3) is 0 Å². The van der Waals surface area contributed by atoms with Crippen molar-refractivity contribution in [1.29, 1.82) is 0 Å². The first-order valence-corrected chi connectivity index (χ1v) is 5.52. The van der Waals surface area contributed by atoms with Crippen molar-refractivity contribution in [3.05, 3.63) is 35.9 Å². The Bertz CT molecular complexity index is 322. The van der Waals surface area contributed by atoms with Gasteiger partial charge in [-0.05, 0) is 12.6 Å². The quantitative estimate of drug-likeness (QED) is 0.752. The highest BCUT2D eigenvalue weighted by Crippen LogP contribution is 2.03. The highest BCUT2D eigenvalue weighted by atomic mass is 16.2. The summed E-state index contributed by atoms with van der Waals surface area (Å²) in [5, 5.41) is 0. The molecule has 16 heavy (non-hydrogen) atoms. The predicted molar refractivity (Wildman–Crippen MR) is 66.1 cm³/mol. The van der Waals surface area contributed by atoms with E-state index in [1.165, 1.54) is 5.56 Å². The van der Waals surface area contributed by atoms with E-state index in [2.05, 4.69) is 17.0 Å². The number of carbonyl (C=O) groups excluding carboxylic acids is 1. The van der Waals surface area contributed by atoms with Crippen LogP contribution in [-0.2, 0) is 11.3 Å². The average molecular weight is 220 g/mol. The standard InChI is InChI=1S/C13H20N2O/c1-14(2)13(16)9-10-15(3)11-12-7-5-4-6-8-12/h4-8H,9-11H2,1-3H3. The Hall–Kier alpha value is -1.35. The maximum atomic E-state index is 11.4. The van der Waals surface area contributed by atoms with Gasteiger partial charge >= 0.3 is 0 Å². The van der Waals surface area contributed by atoms with E-state index in [0.29, 0.717) is 6.42 Å². The van der Waals surface area contributed by atoms with Gasteiger partial charge in [0, 0.05) is 33.6 Å². The zero-order chi connectivity index (χ0) is 12.0. The van der Waals surface area contributed by atoms with E-state index in [9.17, 15) is 4.79 Å². The average Bonchev–Trinajstić information content (AvgIpc) is 2.27. The highest BCUT2D eigenvalue weighted by Gasteiger charge is 2.06. The third-order valence-corrected chi connectivity index (χ3v) is 2.50. The van der Waals surface area contributed by atoms with E-state index >= 15 is 0 Å². The topological polar surface area (TPSA) is 23.6 Å². The molecule has 0 aromatic heterocycles. The van der Waals surface area contributed by atoms with Crippen LogP contribution in [-0.4, -0.2) is 43.4 Å². The number of amides is 1. The van der Waals surface area contributed by atoms with Gasteiger partial charge in [0.15, 0.2) is 0 Å². The third kappa shape index (κ3) is 4.45. The fourth-order valence-corrected chi connectivity index (χ4v) is 1.48. The van der Waals surface area contributed by atoms with Crippen LogP contribution < -0.4 is 0 Å². The van der Waals surface area contributed by atoms with Crippen molar-refractivity contribution in [2.24, 2.45) is 0 Å². The molecule has 3 heteroatoms. The molecule has 0 saturated heterocycles. The van der Waals surface area contributed by atoms with Gasteiger partial charge in [0.1, 0.15) is 0 Å². The summed E-state index contributed by atoms with van der Waals surface area (Å²) in [7, 11) is 5.62. The second-order valence-electron chi connectivity index (χ2n) is 4.26. The van der Waals surface area contributed by atoms with Gasteiger partial charge in [-0.2, -0.15) is 0 Å². The Morgan fingerprint density at radius 1 is 1.12 bits per heavy atom. The van der Waals surface area contributed by atoms with Crippen LogP contribution in [0.4, 0.5) is 0 Å². The number of carbonyl (C=O) groups is 1. The maximum Gasteiger partial charge on any atom is 0.223 e. The molecule has 1 aromatic rings. The van der Waals surface area contributed by atoms with Crippen molar-refractivity contribution < 1.29 is 4.79 Å². The molecule has 0 saturated carbocycles. The van der Waals surface area contributed by atoms with Crippen molar-refractivity contribution in [3.63, 3.8) is 0 Å². The Balaban J connectivity index is 2.31. The van der Waals surface area contributed by atoms with Gasteiger partial charge in [-0.1, -0.05) is 30.3 Å². The fraction of sp³-hybridized carbons (Fsp3) is 0.462. The zero-order valence-corrected chi connectivity index (χ0v) is 10.3. The van der Waals surface area contributed by atoms with E-state index < -0.39 is 0 Å². The summed E-state index contributed by atoms with van der Waals surface area (Å²) in [4.78, 5) is 15.2. The summed E-state index contributed by atoms with van der Waals surface area (Å²) in [5.74, 6) is 0.180. The van der Waals surface area contributed by atoms with Crippen molar-refractivity contribution in [2.45, 2.75) is 13.0 Å². The molecule has 0 fully saturated rings. The SMILES string of the molecule is CN(CCC(=O)N(C)C)Cc1ccccc1. The number of rotatable bonds is 5. The largest absolute Gasteiger partial charge is 0.349 e. The molecule has 0 heterocycles. The summed E-state index contributed by atoms with van der Waals surface area (Å²) in [6.07, 6.45) is 0.580. The molecule has 0 aliphatic heterocycles. The van der Waals surface area contributed by atoms with Crippen LogP contribution in [0.2, 0.25) is 0 Å². The lowest BCUT2D eigenvalue weighted by Gasteiger charge is -2.17. The number of benzene rings is 1. The second kappa shape index (κ2) is 6.28. The first-order chi connectivity index (χ1) is 7.59. The minimum Gasteiger partial charge on any atom is -0.349 e. The van der Waals surface area contributed by atoms with Crippen molar-refractivity contribution >= 4 is 5.91 Å². The Kier molecular flexibility index (Phi) is 4.99. The van der Waals surface area contributed by atoms with Gasteiger partial charge in [-0.25, -0.2) is 0 Å². The van der Waals surface area contributed by atoms with E-state index in [0.717, 1.165) is 13.1 Å². The molecule has 1 rings (SSSR count). The molecular formula is C13H20N2O. The van der Waals surface area contributed by atoms with Gasteiger partial charge in [-0.3, -0.25) is 4.79 Å². The summed E-state index contributed by atoms with van der Waals surface area (Å²) in [6, 6.07) is 10.3. The molecule has 88 valence electrons. The lowest BCUT2D eigenvalue weighted by atomic mass is 10.2. The number of hydrogen-bond acceptors (Lipinski definition) is 2. The summed E-state index contributed by atoms with van der Waals surface area (Å²) < 4.78 is 0. The monoisotopic (exact) mass is 220 g/mol. The second-order valence-corrected chi connectivity index (χ2v) is 4.26. The van der Waals surface area contributed by atoms with Gasteiger partial charge in [0.25, 0.3) is 0 Å². The molecule has 1 amide bonds. The minimum atomic E-state index is 0.180. The molecule has 0 aliphatic carbocycles. The normalized spacial score (nSPS) is 10.5. The molecule has 0 unspecified atom stereocenters. The summed E-state index contributed by atoms with van der Waals surface area (Å²) >= 11 is 0. The predicted octanol–water partition coefficient (Wildman–Crippen LogP) is 1.60. The zero-order valence-electron chi connectivity index (χ0n) is 10.3. The maximum absolute atomic E-state index is 11.4. The lowest BCUT2D eigenvalue weighted by molar-refractivity contribution is -0.129. The number of hydrogen-bond donors (Lipinski definition) is 0. The van der Waals surface area contributed by atoms with Gasteiger partial charge in [0.2, 0.25) is 5.91 Å². The van der Waals surface area contributed by atoms with E-state index in [1.807, 2.05) is 25.2 Å². The first kappa shape index (κ1) is 12.7. The van der Waals surface area contributed by atoms with Crippen LogP contribution in [0.1, 0.15) is 12.0 Å². The third-order valence-electron chi connectivity index (χ3n) is 2.50. The van der Waals surface area contributed by atoms with Crippen molar-refractivity contribution in [1.82, 2.24) is 9.80 Å². The van der Waals surface area contributed by atoms with Gasteiger partial charge in [-0.15, -0.1) is 0 Å². The van der Waals surface area contributed by atoms with Crippen LogP contribution >= 0.6 is 0 Å². The van der Waals surface area contributed by atoms with Crippen LogP contribution in [0.3, 0.4) is 0 Å². The minimum absolute atomic E-state index is 0.180. The first-order valence-electron chi connectivity index (χ1n) is 5.52. The van der Waals surface area contributed by atoms with E-state index in [1.54, 1.807) is 19.0 Å². The highest BCUT2D eigenvalue weighted by molar-refractivity contribution is 5.75. The molecule has 3 nitrogen and oxygen atoms in total. The van der Waals surface area contributed by atoms with Crippen molar-refractivity contribution in [3.8, 4) is 0 Å². The van der Waals surface area contributed by atoms with Gasteiger partial charge < -0.3 is 9.80 Å². The van der Waals surface area contributed by atoms with Crippen molar-refractivity contribution in [2.75, 3.05) is 27.7 Å². The van der Waals surface area contributed by atoms with Gasteiger partial charge in [0.05, 0.1) is 0 Å². The Labute approximate surface area is 97.7 Å². The lowest BCUT2D eigenvalue weighted by Crippen LogP contribution is -2.27. The Morgan fingerprint density at radius 2 is 1.75 bits per heavy atom.